The lowest BCUT2D eigenvalue weighted by Gasteiger charge is -2.10. The van der Waals surface area contributed by atoms with Crippen LogP contribution in [0.25, 0.3) is 16.7 Å². The molecular weight excluding hydrogens is 387 g/mol. The van der Waals surface area contributed by atoms with Gasteiger partial charge in [-0.3, -0.25) is 9.36 Å². The number of rotatable bonds is 7. The molecule has 0 unspecified atom stereocenters. The highest BCUT2D eigenvalue weighted by atomic mass is 32.2. The Hall–Kier alpha value is -3.12. The Balaban J connectivity index is 1.66. The monoisotopic (exact) mass is 406 g/mol. The highest BCUT2D eigenvalue weighted by molar-refractivity contribution is 7.99. The Kier molecular flexibility index (Phi) is 5.62. The second kappa shape index (κ2) is 8.49. The predicted molar refractivity (Wildman–Crippen MR) is 114 cm³/mol. The molecule has 4 rings (SSSR count). The third-order valence-electron chi connectivity index (χ3n) is 4.44. The number of thioether (sulfide) groups is 1. The van der Waals surface area contributed by atoms with E-state index in [2.05, 4.69) is 4.98 Å². The number of ketones is 1. The number of nitrogens with zero attached hydrogens (tertiary/aromatic N) is 2. The number of Topliss-reactive ketones (excluding diaryl/α,β-unsaturated/α-hetero) is 1. The van der Waals surface area contributed by atoms with Crippen molar-refractivity contribution in [3.63, 3.8) is 0 Å². The first-order valence-corrected chi connectivity index (χ1v) is 10.3. The first-order chi connectivity index (χ1) is 14.2. The average Bonchev–Trinajstić information content (AvgIpc) is 3.11. The average molecular weight is 406 g/mol. The van der Waals surface area contributed by atoms with Crippen molar-refractivity contribution < 1.29 is 13.9 Å². The molecule has 0 atom stereocenters. The zero-order valence-electron chi connectivity index (χ0n) is 15.8. The molecule has 3 aromatic carbocycles. The van der Waals surface area contributed by atoms with Gasteiger partial charge in [-0.05, 0) is 55.5 Å². The molecule has 0 radical (unpaired) electrons. The van der Waals surface area contributed by atoms with E-state index in [-0.39, 0.29) is 17.1 Å². The first-order valence-electron chi connectivity index (χ1n) is 9.28. The summed E-state index contributed by atoms with van der Waals surface area (Å²) in [5, 5.41) is 0.681. The summed E-state index contributed by atoms with van der Waals surface area (Å²) in [7, 11) is 0. The molecule has 0 saturated heterocycles. The number of halogens is 1. The summed E-state index contributed by atoms with van der Waals surface area (Å²) in [6, 6.07) is 21.6. The van der Waals surface area contributed by atoms with E-state index in [0.717, 1.165) is 22.5 Å². The van der Waals surface area contributed by atoms with Crippen molar-refractivity contribution in [3.8, 4) is 11.4 Å². The van der Waals surface area contributed by atoms with Gasteiger partial charge in [-0.1, -0.05) is 36.0 Å². The normalized spacial score (nSPS) is 11.0. The van der Waals surface area contributed by atoms with Gasteiger partial charge in [0.2, 0.25) is 0 Å². The van der Waals surface area contributed by atoms with E-state index in [4.69, 9.17) is 4.74 Å². The van der Waals surface area contributed by atoms with Crippen LogP contribution in [-0.2, 0) is 0 Å². The summed E-state index contributed by atoms with van der Waals surface area (Å²) < 4.78 is 21.4. The van der Waals surface area contributed by atoms with Gasteiger partial charge >= 0.3 is 0 Å². The van der Waals surface area contributed by atoms with Gasteiger partial charge in [0, 0.05) is 5.69 Å². The summed E-state index contributed by atoms with van der Waals surface area (Å²) in [6.07, 6.45) is 0. The number of benzene rings is 3. The molecule has 0 amide bonds. The van der Waals surface area contributed by atoms with E-state index in [0.29, 0.717) is 11.8 Å². The SMILES string of the molecule is CCOc1ccc(-n2c(SCC(=O)c3ccccc3F)nc3ccccc32)cc1. The van der Waals surface area contributed by atoms with Crippen LogP contribution < -0.4 is 4.74 Å². The van der Waals surface area contributed by atoms with Crippen molar-refractivity contribution in [2.24, 2.45) is 0 Å². The van der Waals surface area contributed by atoms with E-state index in [1.54, 1.807) is 12.1 Å². The van der Waals surface area contributed by atoms with Crippen LogP contribution in [0, 0.1) is 5.82 Å². The van der Waals surface area contributed by atoms with Gasteiger partial charge in [-0.2, -0.15) is 0 Å². The van der Waals surface area contributed by atoms with Gasteiger partial charge in [0.15, 0.2) is 10.9 Å². The van der Waals surface area contributed by atoms with Gasteiger partial charge in [0.25, 0.3) is 0 Å². The third kappa shape index (κ3) is 4.03. The topological polar surface area (TPSA) is 44.1 Å². The molecule has 0 aliphatic heterocycles. The fraction of sp³-hybridized carbons (Fsp3) is 0.130. The van der Waals surface area contributed by atoms with Crippen molar-refractivity contribution in [3.05, 3.63) is 84.2 Å². The van der Waals surface area contributed by atoms with Crippen LogP contribution in [0.15, 0.2) is 78.0 Å². The number of aromatic nitrogens is 2. The largest absolute Gasteiger partial charge is 0.494 e. The molecule has 0 bridgehead atoms. The van der Waals surface area contributed by atoms with Crippen molar-refractivity contribution in [2.45, 2.75) is 12.1 Å². The first kappa shape index (κ1) is 19.2. The van der Waals surface area contributed by atoms with Crippen LogP contribution in [0.4, 0.5) is 4.39 Å². The molecular formula is C23H19FN2O2S. The molecule has 0 fully saturated rings. The minimum Gasteiger partial charge on any atom is -0.494 e. The van der Waals surface area contributed by atoms with Gasteiger partial charge in [-0.25, -0.2) is 9.37 Å². The molecule has 4 nitrogen and oxygen atoms in total. The Bertz CT molecular complexity index is 1160. The molecule has 1 aromatic heterocycles. The van der Waals surface area contributed by atoms with Crippen molar-refractivity contribution >= 4 is 28.6 Å². The summed E-state index contributed by atoms with van der Waals surface area (Å²) in [6.45, 7) is 2.55. The predicted octanol–water partition coefficient (Wildman–Crippen LogP) is 5.54. The number of para-hydroxylation sites is 2. The number of fused-ring (bicyclic) bond motifs is 1. The van der Waals surface area contributed by atoms with Crippen LogP contribution >= 0.6 is 11.8 Å². The number of carbonyl (C=O) groups excluding carboxylic acids is 1. The summed E-state index contributed by atoms with van der Waals surface area (Å²) in [5.41, 5.74) is 2.80. The van der Waals surface area contributed by atoms with Crippen molar-refractivity contribution in [1.29, 1.82) is 0 Å². The minimum absolute atomic E-state index is 0.0985. The van der Waals surface area contributed by atoms with Crippen molar-refractivity contribution in [2.75, 3.05) is 12.4 Å². The smallest absolute Gasteiger partial charge is 0.176 e. The lowest BCUT2D eigenvalue weighted by molar-refractivity contribution is 0.101. The number of hydrogen-bond donors (Lipinski definition) is 0. The summed E-state index contributed by atoms with van der Waals surface area (Å²) >= 11 is 1.30. The van der Waals surface area contributed by atoms with E-state index in [1.165, 1.54) is 23.9 Å². The van der Waals surface area contributed by atoms with Crippen LogP contribution in [0.5, 0.6) is 5.75 Å². The number of imidazole rings is 1. The minimum atomic E-state index is -0.502. The highest BCUT2D eigenvalue weighted by Gasteiger charge is 2.16. The lowest BCUT2D eigenvalue weighted by atomic mass is 10.1. The maximum absolute atomic E-state index is 13.9. The standard InChI is InChI=1S/C23H19FN2O2S/c1-2-28-17-13-11-16(12-14-17)26-21-10-6-5-9-20(21)25-23(26)29-15-22(27)18-7-3-4-8-19(18)24/h3-14H,2,15H2,1H3. The molecule has 6 heteroatoms. The molecule has 0 spiro atoms. The fourth-order valence-corrected chi connectivity index (χ4v) is 4.01. The summed E-state index contributed by atoms with van der Waals surface area (Å²) in [4.78, 5) is 17.2. The molecule has 146 valence electrons. The van der Waals surface area contributed by atoms with Gasteiger partial charge in [0.1, 0.15) is 11.6 Å². The van der Waals surface area contributed by atoms with Crippen LogP contribution in [-0.4, -0.2) is 27.7 Å². The molecule has 0 aliphatic rings. The number of ether oxygens (including phenoxy) is 1. The van der Waals surface area contributed by atoms with E-state index in [1.807, 2.05) is 60.0 Å². The Morgan fingerprint density at radius 1 is 1.03 bits per heavy atom. The maximum Gasteiger partial charge on any atom is 0.176 e. The zero-order valence-corrected chi connectivity index (χ0v) is 16.7. The second-order valence-corrected chi connectivity index (χ2v) is 7.28. The Morgan fingerprint density at radius 2 is 1.76 bits per heavy atom. The third-order valence-corrected chi connectivity index (χ3v) is 5.38. The van der Waals surface area contributed by atoms with Gasteiger partial charge in [0.05, 0.1) is 29.0 Å². The van der Waals surface area contributed by atoms with Gasteiger partial charge in [-0.15, -0.1) is 0 Å². The molecule has 0 aliphatic carbocycles. The molecule has 0 saturated carbocycles. The van der Waals surface area contributed by atoms with E-state index in [9.17, 15) is 9.18 Å². The Labute approximate surface area is 172 Å². The maximum atomic E-state index is 13.9. The number of carbonyl (C=O) groups is 1. The molecule has 0 N–H and O–H groups in total. The van der Waals surface area contributed by atoms with Crippen LogP contribution in [0.1, 0.15) is 17.3 Å². The van der Waals surface area contributed by atoms with E-state index >= 15 is 0 Å². The second-order valence-electron chi connectivity index (χ2n) is 6.34. The lowest BCUT2D eigenvalue weighted by Crippen LogP contribution is -2.06. The quantitative estimate of drug-likeness (QED) is 0.299. The van der Waals surface area contributed by atoms with Crippen LogP contribution in [0.3, 0.4) is 0 Å². The Morgan fingerprint density at radius 3 is 2.52 bits per heavy atom. The molecule has 1 heterocycles. The fourth-order valence-electron chi connectivity index (χ4n) is 3.10. The van der Waals surface area contributed by atoms with Crippen LogP contribution in [0.2, 0.25) is 0 Å². The summed E-state index contributed by atoms with van der Waals surface area (Å²) in [5.74, 6) is 0.127. The highest BCUT2D eigenvalue weighted by Crippen LogP contribution is 2.29. The number of hydrogen-bond acceptors (Lipinski definition) is 4. The molecule has 29 heavy (non-hydrogen) atoms. The van der Waals surface area contributed by atoms with E-state index < -0.39 is 5.82 Å². The zero-order chi connectivity index (χ0) is 20.2. The molecule has 4 aromatic rings. The van der Waals surface area contributed by atoms with Gasteiger partial charge < -0.3 is 4.74 Å². The van der Waals surface area contributed by atoms with Crippen molar-refractivity contribution in [1.82, 2.24) is 9.55 Å².